The number of aromatic nitrogens is 2. The standard InChI is InChI=1S/C14H16F3N3O/c15-14(16,17)13-19-11-7-10(18)3-4-12(11)20(13)5-6-21-8-9-1-2-9/h3-4,7,9H,1-2,5-6,8,18H2. The third kappa shape index (κ3) is 3.12. The number of fused-ring (bicyclic) bond motifs is 1. The molecule has 7 heteroatoms. The first-order valence-corrected chi connectivity index (χ1v) is 6.86. The van der Waals surface area contributed by atoms with Gasteiger partial charge in [0.05, 0.1) is 17.6 Å². The monoisotopic (exact) mass is 299 g/mol. The molecule has 2 aromatic rings. The van der Waals surface area contributed by atoms with Crippen molar-refractivity contribution in [2.45, 2.75) is 25.6 Å². The van der Waals surface area contributed by atoms with Crippen LogP contribution in [0.1, 0.15) is 18.7 Å². The molecule has 0 unspecified atom stereocenters. The van der Waals surface area contributed by atoms with Gasteiger partial charge in [-0.1, -0.05) is 0 Å². The van der Waals surface area contributed by atoms with Crippen molar-refractivity contribution in [2.75, 3.05) is 18.9 Å². The molecule has 1 aliphatic rings. The van der Waals surface area contributed by atoms with Crippen molar-refractivity contribution in [1.82, 2.24) is 9.55 Å². The topological polar surface area (TPSA) is 53.1 Å². The minimum atomic E-state index is -4.50. The molecule has 114 valence electrons. The van der Waals surface area contributed by atoms with Crippen LogP contribution in [0.15, 0.2) is 18.2 Å². The van der Waals surface area contributed by atoms with Crippen LogP contribution < -0.4 is 5.73 Å². The molecule has 0 spiro atoms. The van der Waals surface area contributed by atoms with Crippen molar-refractivity contribution in [3.05, 3.63) is 24.0 Å². The molecular formula is C14H16F3N3O. The lowest BCUT2D eigenvalue weighted by molar-refractivity contribution is -0.147. The highest BCUT2D eigenvalue weighted by Gasteiger charge is 2.37. The van der Waals surface area contributed by atoms with E-state index in [1.165, 1.54) is 6.07 Å². The normalized spacial score (nSPS) is 15.8. The van der Waals surface area contributed by atoms with Crippen molar-refractivity contribution in [3.63, 3.8) is 0 Å². The lowest BCUT2D eigenvalue weighted by atomic mass is 10.3. The number of halogens is 3. The second-order valence-electron chi connectivity index (χ2n) is 5.35. The fraction of sp³-hybridized carbons (Fsp3) is 0.500. The first-order chi connectivity index (χ1) is 9.95. The zero-order chi connectivity index (χ0) is 15.0. The van der Waals surface area contributed by atoms with Crippen LogP contribution in [-0.2, 0) is 17.5 Å². The molecule has 1 heterocycles. The Morgan fingerprint density at radius 2 is 2.10 bits per heavy atom. The summed E-state index contributed by atoms with van der Waals surface area (Å²) in [5.41, 5.74) is 6.67. The Morgan fingerprint density at radius 3 is 2.76 bits per heavy atom. The van der Waals surface area contributed by atoms with Gasteiger partial charge in [-0.25, -0.2) is 4.98 Å². The van der Waals surface area contributed by atoms with Gasteiger partial charge < -0.3 is 15.0 Å². The maximum absolute atomic E-state index is 13.1. The summed E-state index contributed by atoms with van der Waals surface area (Å²) in [4.78, 5) is 3.67. The largest absolute Gasteiger partial charge is 0.449 e. The second-order valence-corrected chi connectivity index (χ2v) is 5.35. The Kier molecular flexibility index (Phi) is 3.52. The number of rotatable bonds is 5. The van der Waals surface area contributed by atoms with E-state index in [0.717, 1.165) is 17.4 Å². The number of hydrogen-bond donors (Lipinski definition) is 1. The van der Waals surface area contributed by atoms with E-state index in [1.807, 2.05) is 0 Å². The fourth-order valence-corrected chi connectivity index (χ4v) is 2.28. The smallest absolute Gasteiger partial charge is 0.399 e. The Bertz CT molecular complexity index is 647. The predicted molar refractivity (Wildman–Crippen MR) is 72.7 cm³/mol. The minimum absolute atomic E-state index is 0.127. The molecule has 21 heavy (non-hydrogen) atoms. The highest BCUT2D eigenvalue weighted by Crippen LogP contribution is 2.32. The molecule has 1 fully saturated rings. The highest BCUT2D eigenvalue weighted by molar-refractivity contribution is 5.79. The van der Waals surface area contributed by atoms with E-state index in [1.54, 1.807) is 12.1 Å². The van der Waals surface area contributed by atoms with Crippen molar-refractivity contribution in [1.29, 1.82) is 0 Å². The summed E-state index contributed by atoms with van der Waals surface area (Å²) in [6.07, 6.45) is -2.19. The lowest BCUT2D eigenvalue weighted by Gasteiger charge is -2.11. The summed E-state index contributed by atoms with van der Waals surface area (Å²) >= 11 is 0. The third-order valence-corrected chi connectivity index (χ3v) is 3.54. The number of imidazole rings is 1. The summed E-state index contributed by atoms with van der Waals surface area (Å²) in [5.74, 6) is -0.315. The zero-order valence-corrected chi connectivity index (χ0v) is 11.4. The fourth-order valence-electron chi connectivity index (χ4n) is 2.28. The van der Waals surface area contributed by atoms with Gasteiger partial charge in [-0.05, 0) is 37.0 Å². The first kappa shape index (κ1) is 14.2. The number of nitrogens with zero attached hydrogens (tertiary/aromatic N) is 2. The second kappa shape index (κ2) is 5.22. The van der Waals surface area contributed by atoms with Crippen LogP contribution in [0.25, 0.3) is 11.0 Å². The minimum Gasteiger partial charge on any atom is -0.399 e. The maximum atomic E-state index is 13.1. The van der Waals surface area contributed by atoms with Gasteiger partial charge in [-0.2, -0.15) is 13.2 Å². The van der Waals surface area contributed by atoms with E-state index in [-0.39, 0.29) is 18.7 Å². The molecule has 1 aromatic carbocycles. The van der Waals surface area contributed by atoms with Crippen molar-refractivity contribution < 1.29 is 17.9 Å². The summed E-state index contributed by atoms with van der Waals surface area (Å²) in [6.45, 7) is 0.998. The van der Waals surface area contributed by atoms with E-state index in [4.69, 9.17) is 10.5 Å². The van der Waals surface area contributed by atoms with Gasteiger partial charge in [-0.15, -0.1) is 0 Å². The average Bonchev–Trinajstić information content (AvgIpc) is 3.14. The quantitative estimate of drug-likeness (QED) is 0.682. The molecule has 1 aliphatic carbocycles. The van der Waals surface area contributed by atoms with Gasteiger partial charge >= 0.3 is 6.18 Å². The van der Waals surface area contributed by atoms with E-state index in [0.29, 0.717) is 23.7 Å². The van der Waals surface area contributed by atoms with E-state index >= 15 is 0 Å². The van der Waals surface area contributed by atoms with Gasteiger partial charge in [0.15, 0.2) is 0 Å². The number of ether oxygens (including phenoxy) is 1. The molecule has 4 nitrogen and oxygen atoms in total. The molecule has 0 radical (unpaired) electrons. The Morgan fingerprint density at radius 1 is 1.33 bits per heavy atom. The first-order valence-electron chi connectivity index (χ1n) is 6.86. The molecule has 0 saturated heterocycles. The van der Waals surface area contributed by atoms with Crippen LogP contribution in [0.4, 0.5) is 18.9 Å². The molecule has 1 saturated carbocycles. The van der Waals surface area contributed by atoms with Crippen LogP contribution in [0.2, 0.25) is 0 Å². The summed E-state index contributed by atoms with van der Waals surface area (Å²) in [5, 5.41) is 0. The van der Waals surface area contributed by atoms with Crippen LogP contribution in [-0.4, -0.2) is 22.8 Å². The average molecular weight is 299 g/mol. The van der Waals surface area contributed by atoms with Crippen molar-refractivity contribution >= 4 is 16.7 Å². The molecule has 0 atom stereocenters. The SMILES string of the molecule is Nc1ccc2c(c1)nc(C(F)(F)F)n2CCOCC1CC1. The van der Waals surface area contributed by atoms with Crippen LogP contribution >= 0.6 is 0 Å². The molecular weight excluding hydrogens is 283 g/mol. The van der Waals surface area contributed by atoms with E-state index < -0.39 is 12.0 Å². The van der Waals surface area contributed by atoms with Crippen LogP contribution in [0.3, 0.4) is 0 Å². The lowest BCUT2D eigenvalue weighted by Crippen LogP contribution is -2.17. The Labute approximate surface area is 119 Å². The molecule has 0 bridgehead atoms. The molecule has 0 aliphatic heterocycles. The zero-order valence-electron chi connectivity index (χ0n) is 11.4. The Balaban J connectivity index is 1.85. The van der Waals surface area contributed by atoms with Gasteiger partial charge in [0.25, 0.3) is 0 Å². The summed E-state index contributed by atoms with van der Waals surface area (Å²) in [6, 6.07) is 4.59. The third-order valence-electron chi connectivity index (χ3n) is 3.54. The number of hydrogen-bond acceptors (Lipinski definition) is 3. The number of nitrogens with two attached hydrogens (primary N) is 1. The number of nitrogen functional groups attached to an aromatic ring is 1. The molecule has 1 aromatic heterocycles. The summed E-state index contributed by atoms with van der Waals surface area (Å²) in [7, 11) is 0. The maximum Gasteiger partial charge on any atom is 0.449 e. The van der Waals surface area contributed by atoms with Crippen LogP contribution in [0.5, 0.6) is 0 Å². The van der Waals surface area contributed by atoms with Gasteiger partial charge in [0.2, 0.25) is 5.82 Å². The predicted octanol–water partition coefficient (Wildman–Crippen LogP) is 3.06. The molecule has 3 rings (SSSR count). The van der Waals surface area contributed by atoms with Crippen molar-refractivity contribution in [2.24, 2.45) is 5.92 Å². The highest BCUT2D eigenvalue weighted by atomic mass is 19.4. The number of anilines is 1. The van der Waals surface area contributed by atoms with Crippen molar-refractivity contribution in [3.8, 4) is 0 Å². The molecule has 2 N–H and O–H groups in total. The van der Waals surface area contributed by atoms with Crippen LogP contribution in [0, 0.1) is 5.92 Å². The Hall–Kier alpha value is -1.76. The van der Waals surface area contributed by atoms with Gasteiger partial charge in [0.1, 0.15) is 0 Å². The van der Waals surface area contributed by atoms with E-state index in [2.05, 4.69) is 4.98 Å². The van der Waals surface area contributed by atoms with Gasteiger partial charge in [-0.3, -0.25) is 0 Å². The van der Waals surface area contributed by atoms with E-state index in [9.17, 15) is 13.2 Å². The van der Waals surface area contributed by atoms with Gasteiger partial charge in [0, 0.05) is 18.8 Å². The number of alkyl halides is 3. The molecule has 0 amide bonds. The number of benzene rings is 1. The summed E-state index contributed by atoms with van der Waals surface area (Å²) < 4.78 is 45.8.